The van der Waals surface area contributed by atoms with Crippen LogP contribution in [-0.4, -0.2) is 33.2 Å². The van der Waals surface area contributed by atoms with Gasteiger partial charge in [0.1, 0.15) is 0 Å². The summed E-state index contributed by atoms with van der Waals surface area (Å²) in [6.45, 7) is -3.28. The molecule has 17 heavy (non-hydrogen) atoms. The molecule has 1 rings (SSSR count). The number of rotatable bonds is 5. The normalized spacial score (nSPS) is 26.0. The Morgan fingerprint density at radius 1 is 1.24 bits per heavy atom. The zero-order valence-electron chi connectivity index (χ0n) is 8.28. The Hall–Kier alpha value is -0.480. The van der Waals surface area contributed by atoms with Gasteiger partial charge in [0.25, 0.3) is 0 Å². The first-order valence-electron chi connectivity index (χ1n) is 4.51. The van der Waals surface area contributed by atoms with Crippen molar-refractivity contribution in [1.82, 2.24) is 0 Å². The SMILES string of the molecule is O=S(=O)(OC1CC(COC(F)F)C1)C(F)(F)F. The molecule has 1 aliphatic carbocycles. The Labute approximate surface area is 93.8 Å². The third-order valence-electron chi connectivity index (χ3n) is 2.20. The maximum atomic E-state index is 11.9. The number of hydrogen-bond acceptors (Lipinski definition) is 4. The van der Waals surface area contributed by atoms with E-state index in [0.29, 0.717) is 0 Å². The molecule has 0 N–H and O–H groups in total. The molecular formula is C7H9F5O4S. The highest BCUT2D eigenvalue weighted by Crippen LogP contribution is 2.35. The van der Waals surface area contributed by atoms with Gasteiger partial charge in [0.2, 0.25) is 0 Å². The fraction of sp³-hybridized carbons (Fsp3) is 1.00. The lowest BCUT2D eigenvalue weighted by Gasteiger charge is -2.33. The van der Waals surface area contributed by atoms with Crippen molar-refractivity contribution < 1.29 is 39.3 Å². The number of hydrogen-bond donors (Lipinski definition) is 0. The second kappa shape index (κ2) is 5.02. The lowest BCUT2D eigenvalue weighted by Crippen LogP contribution is -2.39. The molecule has 102 valence electrons. The zero-order valence-corrected chi connectivity index (χ0v) is 9.10. The summed E-state index contributed by atoms with van der Waals surface area (Å²) in [5.74, 6) is -0.405. The van der Waals surface area contributed by atoms with Gasteiger partial charge < -0.3 is 4.74 Å². The van der Waals surface area contributed by atoms with Gasteiger partial charge in [-0.2, -0.15) is 30.4 Å². The number of halogens is 5. The van der Waals surface area contributed by atoms with Crippen LogP contribution in [0.1, 0.15) is 12.8 Å². The predicted octanol–water partition coefficient (Wildman–Crippen LogP) is 1.87. The molecular weight excluding hydrogens is 275 g/mol. The van der Waals surface area contributed by atoms with Crippen LogP contribution < -0.4 is 0 Å². The maximum Gasteiger partial charge on any atom is 0.523 e. The van der Waals surface area contributed by atoms with E-state index >= 15 is 0 Å². The highest BCUT2D eigenvalue weighted by Gasteiger charge is 2.50. The second-order valence-electron chi connectivity index (χ2n) is 3.55. The molecule has 0 bridgehead atoms. The molecule has 0 aliphatic heterocycles. The lowest BCUT2D eigenvalue weighted by molar-refractivity contribution is -0.150. The van der Waals surface area contributed by atoms with Gasteiger partial charge >= 0.3 is 22.2 Å². The summed E-state index contributed by atoms with van der Waals surface area (Å²) >= 11 is 0. The summed E-state index contributed by atoms with van der Waals surface area (Å²) < 4.78 is 87.6. The van der Waals surface area contributed by atoms with Crippen molar-refractivity contribution in [3.8, 4) is 0 Å². The topological polar surface area (TPSA) is 52.6 Å². The quantitative estimate of drug-likeness (QED) is 0.439. The Morgan fingerprint density at radius 2 is 1.76 bits per heavy atom. The summed E-state index contributed by atoms with van der Waals surface area (Å²) in [4.78, 5) is 0. The van der Waals surface area contributed by atoms with Crippen LogP contribution >= 0.6 is 0 Å². The van der Waals surface area contributed by atoms with Crippen LogP contribution in [-0.2, 0) is 19.0 Å². The molecule has 0 aromatic heterocycles. The third kappa shape index (κ3) is 4.03. The van der Waals surface area contributed by atoms with Gasteiger partial charge in [-0.05, 0) is 18.8 Å². The van der Waals surface area contributed by atoms with Crippen LogP contribution in [0.25, 0.3) is 0 Å². The van der Waals surface area contributed by atoms with Crippen molar-refractivity contribution in [3.63, 3.8) is 0 Å². The molecule has 1 fully saturated rings. The summed E-state index contributed by atoms with van der Waals surface area (Å²) in [6, 6.07) is 0. The standard InChI is InChI=1S/C7H9F5O4S/c8-6(9)15-3-4-1-5(2-4)16-17(13,14)7(10,11)12/h4-6H,1-3H2. The molecule has 0 unspecified atom stereocenters. The first kappa shape index (κ1) is 14.6. The molecule has 0 heterocycles. The van der Waals surface area contributed by atoms with Gasteiger partial charge in [-0.3, -0.25) is 4.18 Å². The van der Waals surface area contributed by atoms with Crippen LogP contribution in [0.2, 0.25) is 0 Å². The monoisotopic (exact) mass is 284 g/mol. The van der Waals surface area contributed by atoms with Crippen molar-refractivity contribution in [3.05, 3.63) is 0 Å². The lowest BCUT2D eigenvalue weighted by atomic mass is 9.83. The molecule has 0 amide bonds. The average Bonchev–Trinajstić information content (AvgIpc) is 2.06. The van der Waals surface area contributed by atoms with Crippen LogP contribution in [0.5, 0.6) is 0 Å². The predicted molar refractivity (Wildman–Crippen MR) is 44.5 cm³/mol. The van der Waals surface area contributed by atoms with Crippen LogP contribution in [0.15, 0.2) is 0 Å². The summed E-state index contributed by atoms with van der Waals surface area (Å²) in [5.41, 5.74) is -5.46. The Morgan fingerprint density at radius 3 is 2.18 bits per heavy atom. The van der Waals surface area contributed by atoms with Crippen molar-refractivity contribution >= 4 is 10.1 Å². The first-order valence-corrected chi connectivity index (χ1v) is 5.92. The van der Waals surface area contributed by atoms with Gasteiger partial charge in [0.05, 0.1) is 12.7 Å². The van der Waals surface area contributed by atoms with E-state index in [1.165, 1.54) is 0 Å². The summed E-state index contributed by atoms with van der Waals surface area (Å²) in [5, 5.41) is 0. The van der Waals surface area contributed by atoms with Crippen LogP contribution in [0.3, 0.4) is 0 Å². The van der Waals surface area contributed by atoms with Gasteiger partial charge in [0.15, 0.2) is 0 Å². The van der Waals surface area contributed by atoms with E-state index in [9.17, 15) is 30.4 Å². The van der Waals surface area contributed by atoms with E-state index in [1.807, 2.05) is 0 Å². The third-order valence-corrected chi connectivity index (χ3v) is 3.29. The van der Waals surface area contributed by atoms with Crippen LogP contribution in [0, 0.1) is 5.92 Å². The molecule has 10 heteroatoms. The Bertz CT molecular complexity index is 346. The smallest absolute Gasteiger partial charge is 0.323 e. The largest absolute Gasteiger partial charge is 0.523 e. The van der Waals surface area contributed by atoms with E-state index in [0.717, 1.165) is 0 Å². The molecule has 0 aromatic rings. The molecule has 0 atom stereocenters. The fourth-order valence-electron chi connectivity index (χ4n) is 1.33. The minimum Gasteiger partial charge on any atom is -0.323 e. The molecule has 0 saturated heterocycles. The van der Waals surface area contributed by atoms with Gasteiger partial charge in [-0.15, -0.1) is 0 Å². The minimum absolute atomic E-state index is 0.0535. The minimum atomic E-state index is -5.60. The van der Waals surface area contributed by atoms with Crippen molar-refractivity contribution in [2.24, 2.45) is 5.92 Å². The van der Waals surface area contributed by atoms with Crippen molar-refractivity contribution in [2.75, 3.05) is 6.61 Å². The summed E-state index contributed by atoms with van der Waals surface area (Å²) in [7, 11) is -5.60. The van der Waals surface area contributed by atoms with E-state index in [1.54, 1.807) is 0 Å². The van der Waals surface area contributed by atoms with E-state index in [2.05, 4.69) is 8.92 Å². The van der Waals surface area contributed by atoms with E-state index in [4.69, 9.17) is 0 Å². The van der Waals surface area contributed by atoms with Crippen molar-refractivity contribution in [2.45, 2.75) is 31.1 Å². The highest BCUT2D eigenvalue weighted by atomic mass is 32.2. The Balaban J connectivity index is 2.31. The van der Waals surface area contributed by atoms with E-state index in [-0.39, 0.29) is 19.4 Å². The average molecular weight is 284 g/mol. The molecule has 0 radical (unpaired) electrons. The second-order valence-corrected chi connectivity index (χ2v) is 5.11. The highest BCUT2D eigenvalue weighted by molar-refractivity contribution is 7.87. The maximum absolute atomic E-state index is 11.9. The van der Waals surface area contributed by atoms with Crippen LogP contribution in [0.4, 0.5) is 22.0 Å². The molecule has 0 spiro atoms. The van der Waals surface area contributed by atoms with Gasteiger partial charge in [-0.1, -0.05) is 0 Å². The number of ether oxygens (including phenoxy) is 1. The molecule has 1 saturated carbocycles. The van der Waals surface area contributed by atoms with E-state index < -0.39 is 34.3 Å². The molecule has 0 aromatic carbocycles. The van der Waals surface area contributed by atoms with Crippen molar-refractivity contribution in [1.29, 1.82) is 0 Å². The fourth-order valence-corrected chi connectivity index (χ4v) is 1.96. The number of alkyl halides is 5. The first-order chi connectivity index (χ1) is 7.62. The zero-order chi connectivity index (χ0) is 13.3. The van der Waals surface area contributed by atoms with Gasteiger partial charge in [-0.25, -0.2) is 0 Å². The van der Waals surface area contributed by atoms with Gasteiger partial charge in [0, 0.05) is 0 Å². The molecule has 4 nitrogen and oxygen atoms in total. The summed E-state index contributed by atoms with van der Waals surface area (Å²) in [6.07, 6.45) is -1.22. The Kier molecular flexibility index (Phi) is 4.31. The molecule has 1 aliphatic rings.